The van der Waals surface area contributed by atoms with Gasteiger partial charge in [0, 0.05) is 39.9 Å². The van der Waals surface area contributed by atoms with Gasteiger partial charge in [-0.3, -0.25) is 4.79 Å². The second-order valence-corrected chi connectivity index (χ2v) is 8.17. The summed E-state index contributed by atoms with van der Waals surface area (Å²) in [6.45, 7) is 4.87. The maximum absolute atomic E-state index is 12.4. The van der Waals surface area contributed by atoms with Crippen molar-refractivity contribution < 1.29 is 4.79 Å². The van der Waals surface area contributed by atoms with E-state index >= 15 is 0 Å². The van der Waals surface area contributed by atoms with E-state index in [1.165, 1.54) is 16.8 Å². The molecule has 1 aromatic heterocycles. The van der Waals surface area contributed by atoms with Crippen LogP contribution in [0.25, 0.3) is 10.9 Å². The summed E-state index contributed by atoms with van der Waals surface area (Å²) in [7, 11) is 0. The highest BCUT2D eigenvalue weighted by atomic mass is 32.1. The minimum Gasteiger partial charge on any atom is -0.358 e. The van der Waals surface area contributed by atoms with Crippen LogP contribution >= 0.6 is 12.6 Å². The summed E-state index contributed by atoms with van der Waals surface area (Å²) >= 11 is 4.49. The summed E-state index contributed by atoms with van der Waals surface area (Å²) in [6.07, 6.45) is 9.77. The Morgan fingerprint density at radius 1 is 1.36 bits per heavy atom. The fourth-order valence-corrected chi connectivity index (χ4v) is 4.30. The van der Waals surface area contributed by atoms with Crippen molar-refractivity contribution in [2.45, 2.75) is 44.3 Å². The van der Waals surface area contributed by atoms with Gasteiger partial charge in [-0.1, -0.05) is 30.7 Å². The Balaban J connectivity index is 1.76. The first kappa shape index (κ1) is 16.5. The zero-order chi connectivity index (χ0) is 17.6. The third-order valence-corrected chi connectivity index (χ3v) is 5.35. The highest BCUT2D eigenvalue weighted by Crippen LogP contribution is 2.36. The smallest absolute Gasteiger partial charge is 0.251 e. The molecule has 1 aromatic carbocycles. The maximum atomic E-state index is 12.4. The van der Waals surface area contributed by atoms with Crippen molar-refractivity contribution in [2.75, 3.05) is 6.54 Å². The van der Waals surface area contributed by atoms with E-state index in [0.717, 1.165) is 41.3 Å². The molecular weight excluding hydrogens is 328 g/mol. The lowest BCUT2D eigenvalue weighted by atomic mass is 9.89. The van der Waals surface area contributed by atoms with Crippen LogP contribution in [0.4, 0.5) is 0 Å². The predicted octanol–water partition coefficient (Wildman–Crippen LogP) is 4.44. The van der Waals surface area contributed by atoms with Crippen LogP contribution in [0.3, 0.4) is 0 Å². The summed E-state index contributed by atoms with van der Waals surface area (Å²) in [4.78, 5) is 16.1. The highest BCUT2D eigenvalue weighted by molar-refractivity contribution is 7.80. The monoisotopic (exact) mass is 352 g/mol. The first-order valence-corrected chi connectivity index (χ1v) is 9.53. The summed E-state index contributed by atoms with van der Waals surface area (Å²) in [5.41, 5.74) is 6.95. The molecule has 0 bridgehead atoms. The van der Waals surface area contributed by atoms with Crippen molar-refractivity contribution in [1.82, 2.24) is 10.3 Å². The summed E-state index contributed by atoms with van der Waals surface area (Å²) in [6, 6.07) is 4.16. The van der Waals surface area contributed by atoms with Gasteiger partial charge in [-0.05, 0) is 49.4 Å². The zero-order valence-corrected chi connectivity index (χ0v) is 15.6. The van der Waals surface area contributed by atoms with Crippen molar-refractivity contribution in [2.24, 2.45) is 0 Å². The predicted molar refractivity (Wildman–Crippen MR) is 107 cm³/mol. The van der Waals surface area contributed by atoms with Crippen LogP contribution < -0.4 is 5.32 Å². The van der Waals surface area contributed by atoms with E-state index < -0.39 is 0 Å². The van der Waals surface area contributed by atoms with E-state index in [-0.39, 0.29) is 5.91 Å². The van der Waals surface area contributed by atoms with Crippen molar-refractivity contribution >= 4 is 29.4 Å². The number of H-pyrrole nitrogens is 1. The van der Waals surface area contributed by atoms with E-state index in [1.807, 2.05) is 13.0 Å². The van der Waals surface area contributed by atoms with Gasteiger partial charge in [0.2, 0.25) is 0 Å². The molecule has 4 heteroatoms. The fourth-order valence-electron chi connectivity index (χ4n) is 4.09. The van der Waals surface area contributed by atoms with Gasteiger partial charge >= 0.3 is 0 Å². The number of nitrogens with one attached hydrogen (secondary N) is 2. The molecule has 0 saturated carbocycles. The van der Waals surface area contributed by atoms with Crippen LogP contribution in [0.1, 0.15) is 52.9 Å². The van der Waals surface area contributed by atoms with Crippen molar-refractivity contribution in [1.29, 1.82) is 0 Å². The Kier molecular flexibility index (Phi) is 4.24. The Labute approximate surface area is 154 Å². The number of rotatable bonds is 3. The van der Waals surface area contributed by atoms with Crippen LogP contribution in [-0.2, 0) is 6.42 Å². The number of benzene rings is 1. The number of carbonyl (C=O) groups is 1. The number of carbonyl (C=O) groups excluding carboxylic acids is 1. The average molecular weight is 353 g/mol. The van der Waals surface area contributed by atoms with Gasteiger partial charge in [-0.25, -0.2) is 0 Å². The molecule has 25 heavy (non-hydrogen) atoms. The molecular formula is C21H24N2OS. The minimum absolute atomic E-state index is 0.0436. The second kappa shape index (κ2) is 6.41. The van der Waals surface area contributed by atoms with Crippen LogP contribution in [0.5, 0.6) is 0 Å². The van der Waals surface area contributed by atoms with Gasteiger partial charge in [-0.15, -0.1) is 0 Å². The Hall–Kier alpha value is -1.94. The third-order valence-electron chi connectivity index (χ3n) is 5.16. The molecule has 0 fully saturated rings. The first-order chi connectivity index (χ1) is 12.0. The molecule has 2 heterocycles. The number of hydrogen-bond acceptors (Lipinski definition) is 2. The average Bonchev–Trinajstić information content (AvgIpc) is 2.83. The Bertz CT molecular complexity index is 904. The lowest BCUT2D eigenvalue weighted by Gasteiger charge is -2.18. The first-order valence-electron chi connectivity index (χ1n) is 9.01. The van der Waals surface area contributed by atoms with E-state index in [0.29, 0.717) is 17.7 Å². The Morgan fingerprint density at radius 2 is 2.20 bits per heavy atom. The van der Waals surface area contributed by atoms with Gasteiger partial charge in [0.1, 0.15) is 0 Å². The van der Waals surface area contributed by atoms with Crippen LogP contribution in [0.2, 0.25) is 0 Å². The highest BCUT2D eigenvalue weighted by Gasteiger charge is 2.25. The largest absolute Gasteiger partial charge is 0.358 e. The molecule has 2 unspecified atom stereocenters. The number of aromatic amines is 1. The number of amides is 1. The van der Waals surface area contributed by atoms with Crippen molar-refractivity contribution in [3.63, 3.8) is 0 Å². The summed E-state index contributed by atoms with van der Waals surface area (Å²) in [5.74, 6) is 0.393. The molecule has 4 rings (SSSR count). The molecule has 2 N–H and O–H groups in total. The summed E-state index contributed by atoms with van der Waals surface area (Å²) < 4.78 is 0. The number of aryl methyl sites for hydroxylation is 1. The van der Waals surface area contributed by atoms with Gasteiger partial charge < -0.3 is 10.3 Å². The molecule has 1 amide bonds. The van der Waals surface area contributed by atoms with E-state index in [1.54, 1.807) is 0 Å². The Morgan fingerprint density at radius 3 is 2.92 bits per heavy atom. The van der Waals surface area contributed by atoms with E-state index in [9.17, 15) is 4.79 Å². The molecule has 1 aliphatic heterocycles. The third kappa shape index (κ3) is 3.04. The van der Waals surface area contributed by atoms with Gasteiger partial charge in [0.05, 0.1) is 0 Å². The van der Waals surface area contributed by atoms with Crippen LogP contribution in [0, 0.1) is 6.92 Å². The van der Waals surface area contributed by atoms with Crippen molar-refractivity contribution in [3.05, 3.63) is 58.3 Å². The molecule has 2 atom stereocenters. The normalized spacial score (nSPS) is 21.0. The zero-order valence-electron chi connectivity index (χ0n) is 14.7. The van der Waals surface area contributed by atoms with E-state index in [4.69, 9.17) is 0 Å². The summed E-state index contributed by atoms with van der Waals surface area (Å²) in [5, 5.41) is 4.53. The molecule has 3 nitrogen and oxygen atoms in total. The second-order valence-electron chi connectivity index (χ2n) is 7.29. The lowest BCUT2D eigenvalue weighted by molar-refractivity contribution is 0.0957. The van der Waals surface area contributed by atoms with Crippen LogP contribution in [0.15, 0.2) is 35.9 Å². The molecule has 1 aliphatic carbocycles. The van der Waals surface area contributed by atoms with E-state index in [2.05, 4.69) is 54.1 Å². The van der Waals surface area contributed by atoms with Gasteiger partial charge in [0.25, 0.3) is 5.91 Å². The molecule has 0 radical (unpaired) electrons. The number of hydrogen-bond donors (Lipinski definition) is 3. The van der Waals surface area contributed by atoms with Crippen LogP contribution in [-0.4, -0.2) is 22.7 Å². The topological polar surface area (TPSA) is 44.9 Å². The quantitative estimate of drug-likeness (QED) is 0.703. The molecule has 0 spiro atoms. The maximum Gasteiger partial charge on any atom is 0.251 e. The van der Waals surface area contributed by atoms with Gasteiger partial charge in [-0.2, -0.15) is 12.6 Å². The fraction of sp³-hybridized carbons (Fsp3) is 0.381. The molecule has 0 saturated heterocycles. The molecule has 2 aromatic rings. The van der Waals surface area contributed by atoms with Gasteiger partial charge in [0.15, 0.2) is 0 Å². The standard InChI is InChI=1S/C21H24N2OS/c1-12-9-17-19-16(7-8-22-21(17)24)20(23-18(19)10-12)15-5-3-14(4-6-15)11-13(2)25/h3-5,9-10,13,15,23,25H,6-8,11H2,1-2H3,(H,22,24). The number of aromatic nitrogens is 1. The SMILES string of the molecule is Cc1cc2c3c(c(C4C=CC(CC(C)S)=CC4)[nH]c3c1)CCNC2=O. The lowest BCUT2D eigenvalue weighted by Crippen LogP contribution is -2.23. The molecule has 130 valence electrons. The molecule has 2 aliphatic rings. The van der Waals surface area contributed by atoms with Crippen molar-refractivity contribution in [3.8, 4) is 0 Å². The number of thiol groups is 1. The minimum atomic E-state index is 0.0436. The number of allylic oxidation sites excluding steroid dienone is 4.